The molecular formula is C20H21N5O3. The number of anilines is 2. The topological polar surface area (TPSA) is 98.3 Å². The van der Waals surface area contributed by atoms with E-state index in [4.69, 9.17) is 4.74 Å². The summed E-state index contributed by atoms with van der Waals surface area (Å²) in [7, 11) is 1.34. The van der Waals surface area contributed by atoms with E-state index in [1.807, 2.05) is 37.3 Å². The summed E-state index contributed by atoms with van der Waals surface area (Å²) < 4.78 is 10.4. The summed E-state index contributed by atoms with van der Waals surface area (Å²) in [6.45, 7) is 3.19. The average molecular weight is 379 g/mol. The number of hydrogen-bond acceptors (Lipinski definition) is 8. The molecular weight excluding hydrogens is 358 g/mol. The van der Waals surface area contributed by atoms with Crippen LogP contribution in [0.5, 0.6) is 11.8 Å². The van der Waals surface area contributed by atoms with Crippen molar-refractivity contribution in [3.8, 4) is 11.8 Å². The molecule has 28 heavy (non-hydrogen) atoms. The third-order valence-corrected chi connectivity index (χ3v) is 3.73. The Morgan fingerprint density at radius 1 is 0.929 bits per heavy atom. The van der Waals surface area contributed by atoms with Crippen molar-refractivity contribution in [3.05, 3.63) is 65.7 Å². The van der Waals surface area contributed by atoms with Gasteiger partial charge in [0, 0.05) is 13.1 Å². The van der Waals surface area contributed by atoms with Crippen LogP contribution in [-0.4, -0.2) is 34.6 Å². The Morgan fingerprint density at radius 3 is 2.25 bits per heavy atom. The van der Waals surface area contributed by atoms with E-state index in [1.165, 1.54) is 7.11 Å². The summed E-state index contributed by atoms with van der Waals surface area (Å²) in [4.78, 5) is 24.4. The second-order valence-electron chi connectivity index (χ2n) is 5.75. The van der Waals surface area contributed by atoms with Crippen LogP contribution >= 0.6 is 0 Å². The first-order valence-corrected chi connectivity index (χ1v) is 8.82. The third-order valence-electron chi connectivity index (χ3n) is 3.73. The summed E-state index contributed by atoms with van der Waals surface area (Å²) in [5.74, 6) is 0.897. The maximum Gasteiger partial charge on any atom is 0.337 e. The molecule has 0 aliphatic carbocycles. The quantitative estimate of drug-likeness (QED) is 0.574. The van der Waals surface area contributed by atoms with E-state index in [-0.39, 0.29) is 6.01 Å². The molecule has 0 unspecified atom stereocenters. The van der Waals surface area contributed by atoms with E-state index in [0.717, 1.165) is 5.56 Å². The summed E-state index contributed by atoms with van der Waals surface area (Å²) >= 11 is 0. The monoisotopic (exact) mass is 379 g/mol. The normalized spacial score (nSPS) is 10.2. The van der Waals surface area contributed by atoms with Gasteiger partial charge in [-0.25, -0.2) is 4.79 Å². The van der Waals surface area contributed by atoms with E-state index in [1.54, 1.807) is 24.3 Å². The summed E-state index contributed by atoms with van der Waals surface area (Å²) in [6, 6.07) is 16.6. The van der Waals surface area contributed by atoms with Gasteiger partial charge in [-0.05, 0) is 36.8 Å². The average Bonchev–Trinajstić information content (AvgIpc) is 2.73. The van der Waals surface area contributed by atoms with Crippen molar-refractivity contribution in [2.24, 2.45) is 0 Å². The highest BCUT2D eigenvalue weighted by Crippen LogP contribution is 2.21. The van der Waals surface area contributed by atoms with Gasteiger partial charge in [-0.15, -0.1) is 0 Å². The zero-order chi connectivity index (χ0) is 19.8. The predicted octanol–water partition coefficient (Wildman–Crippen LogP) is 3.49. The summed E-state index contributed by atoms with van der Waals surface area (Å²) in [6.07, 6.45) is 0. The lowest BCUT2D eigenvalue weighted by Gasteiger charge is -2.10. The molecule has 0 spiro atoms. The van der Waals surface area contributed by atoms with Crippen LogP contribution in [0.3, 0.4) is 0 Å². The molecule has 0 saturated heterocycles. The maximum absolute atomic E-state index is 11.5. The van der Waals surface area contributed by atoms with Gasteiger partial charge in [-0.2, -0.15) is 15.0 Å². The molecule has 0 fully saturated rings. The van der Waals surface area contributed by atoms with Gasteiger partial charge in [-0.3, -0.25) is 0 Å². The molecule has 1 heterocycles. The van der Waals surface area contributed by atoms with Gasteiger partial charge in [0.2, 0.25) is 11.9 Å². The van der Waals surface area contributed by atoms with Gasteiger partial charge in [-0.1, -0.05) is 30.3 Å². The molecule has 3 aromatic rings. The molecule has 0 aliphatic heterocycles. The highest BCUT2D eigenvalue weighted by atomic mass is 16.5. The van der Waals surface area contributed by atoms with Crippen LogP contribution in [0.1, 0.15) is 22.8 Å². The number of aromatic nitrogens is 3. The Bertz CT molecular complexity index is 917. The Balaban J connectivity index is 1.75. The van der Waals surface area contributed by atoms with E-state index in [0.29, 0.717) is 36.3 Å². The first-order chi connectivity index (χ1) is 13.7. The zero-order valence-electron chi connectivity index (χ0n) is 15.7. The number of benzene rings is 2. The minimum absolute atomic E-state index is 0.146. The fourth-order valence-electron chi connectivity index (χ4n) is 2.38. The van der Waals surface area contributed by atoms with Crippen LogP contribution in [-0.2, 0) is 11.3 Å². The second-order valence-corrected chi connectivity index (χ2v) is 5.75. The molecule has 1 aromatic heterocycles. The number of carbonyl (C=O) groups is 1. The molecule has 8 heteroatoms. The standard InChI is InChI=1S/C20H21N5O3/c1-3-21-18-23-19(22-13-14-7-5-4-6-8-14)25-20(24-18)28-16-11-9-15(10-12-16)17(26)27-2/h4-12H,3,13H2,1-2H3,(H2,21,22,23,24,25). The highest BCUT2D eigenvalue weighted by molar-refractivity contribution is 5.89. The SMILES string of the molecule is CCNc1nc(NCc2ccccc2)nc(Oc2ccc(C(=O)OC)cc2)n1. The maximum atomic E-state index is 11.5. The van der Waals surface area contributed by atoms with Crippen LogP contribution in [0.25, 0.3) is 0 Å². The molecule has 0 saturated carbocycles. The summed E-state index contributed by atoms with van der Waals surface area (Å²) in [5, 5.41) is 6.23. The van der Waals surface area contributed by atoms with E-state index in [9.17, 15) is 4.79 Å². The lowest BCUT2D eigenvalue weighted by molar-refractivity contribution is 0.0600. The smallest absolute Gasteiger partial charge is 0.337 e. The van der Waals surface area contributed by atoms with Crippen LogP contribution in [0, 0.1) is 0 Å². The number of esters is 1. The molecule has 0 radical (unpaired) electrons. The van der Waals surface area contributed by atoms with Crippen molar-refractivity contribution in [1.82, 2.24) is 15.0 Å². The minimum atomic E-state index is -0.409. The second kappa shape index (κ2) is 9.31. The number of nitrogens with zero attached hydrogens (tertiary/aromatic N) is 3. The molecule has 2 N–H and O–H groups in total. The Kier molecular flexibility index (Phi) is 6.35. The molecule has 3 rings (SSSR count). The van der Waals surface area contributed by atoms with E-state index < -0.39 is 5.97 Å². The van der Waals surface area contributed by atoms with E-state index in [2.05, 4.69) is 30.3 Å². The number of methoxy groups -OCH3 is 1. The van der Waals surface area contributed by atoms with Crippen LogP contribution in [0.4, 0.5) is 11.9 Å². The Morgan fingerprint density at radius 2 is 1.61 bits per heavy atom. The fourth-order valence-corrected chi connectivity index (χ4v) is 2.38. The molecule has 2 aromatic carbocycles. The van der Waals surface area contributed by atoms with Gasteiger partial charge in [0.1, 0.15) is 5.75 Å². The Labute approximate surface area is 163 Å². The van der Waals surface area contributed by atoms with Gasteiger partial charge in [0.25, 0.3) is 0 Å². The lowest BCUT2D eigenvalue weighted by Crippen LogP contribution is -2.10. The van der Waals surface area contributed by atoms with Crippen molar-refractivity contribution in [2.75, 3.05) is 24.3 Å². The largest absolute Gasteiger partial charge is 0.465 e. The van der Waals surface area contributed by atoms with Crippen molar-refractivity contribution in [3.63, 3.8) is 0 Å². The number of ether oxygens (including phenoxy) is 2. The van der Waals surface area contributed by atoms with Gasteiger partial charge >= 0.3 is 12.0 Å². The van der Waals surface area contributed by atoms with Gasteiger partial charge in [0.05, 0.1) is 12.7 Å². The minimum Gasteiger partial charge on any atom is -0.465 e. The van der Waals surface area contributed by atoms with E-state index >= 15 is 0 Å². The molecule has 0 atom stereocenters. The zero-order valence-corrected chi connectivity index (χ0v) is 15.7. The first kappa shape index (κ1) is 19.1. The van der Waals surface area contributed by atoms with Crippen molar-refractivity contribution in [1.29, 1.82) is 0 Å². The van der Waals surface area contributed by atoms with Crippen LogP contribution < -0.4 is 15.4 Å². The third kappa shape index (κ3) is 5.16. The molecule has 0 bridgehead atoms. The predicted molar refractivity (Wildman–Crippen MR) is 106 cm³/mol. The lowest BCUT2D eigenvalue weighted by atomic mass is 10.2. The first-order valence-electron chi connectivity index (χ1n) is 8.82. The number of hydrogen-bond donors (Lipinski definition) is 2. The number of carbonyl (C=O) groups excluding carboxylic acids is 1. The number of rotatable bonds is 8. The molecule has 144 valence electrons. The summed E-state index contributed by atoms with van der Waals surface area (Å²) in [5.41, 5.74) is 1.54. The number of nitrogens with one attached hydrogen (secondary N) is 2. The molecule has 8 nitrogen and oxygen atoms in total. The Hall–Kier alpha value is -3.68. The highest BCUT2D eigenvalue weighted by Gasteiger charge is 2.10. The molecule has 0 amide bonds. The van der Waals surface area contributed by atoms with Crippen molar-refractivity contribution < 1.29 is 14.3 Å². The van der Waals surface area contributed by atoms with Crippen LogP contribution in [0.2, 0.25) is 0 Å². The van der Waals surface area contributed by atoms with Crippen molar-refractivity contribution >= 4 is 17.9 Å². The van der Waals surface area contributed by atoms with Gasteiger partial charge in [0.15, 0.2) is 0 Å². The van der Waals surface area contributed by atoms with Gasteiger partial charge < -0.3 is 20.1 Å². The van der Waals surface area contributed by atoms with Crippen LogP contribution in [0.15, 0.2) is 54.6 Å². The molecule has 0 aliphatic rings. The van der Waals surface area contributed by atoms with Crippen molar-refractivity contribution in [2.45, 2.75) is 13.5 Å². The fraction of sp³-hybridized carbons (Fsp3) is 0.200.